The van der Waals surface area contributed by atoms with Crippen molar-refractivity contribution >= 4 is 17.3 Å². The second-order valence-corrected chi connectivity index (χ2v) is 4.48. The largest absolute Gasteiger partial charge is 0.495 e. The Kier molecular flexibility index (Phi) is 4.07. The molecule has 2 aromatic rings. The number of anilines is 2. The van der Waals surface area contributed by atoms with E-state index in [1.54, 1.807) is 18.2 Å². The number of methoxy groups -OCH3 is 1. The molecule has 2 rings (SSSR count). The summed E-state index contributed by atoms with van der Waals surface area (Å²) in [5.74, 6) is -2.60. The molecule has 1 amide bonds. The van der Waals surface area contributed by atoms with Crippen molar-refractivity contribution in [3.8, 4) is 5.75 Å². The zero-order valence-electron chi connectivity index (χ0n) is 11.5. The van der Waals surface area contributed by atoms with Crippen molar-refractivity contribution in [2.75, 3.05) is 18.2 Å². The van der Waals surface area contributed by atoms with Gasteiger partial charge < -0.3 is 15.8 Å². The van der Waals surface area contributed by atoms with Gasteiger partial charge in [-0.3, -0.25) is 4.79 Å². The zero-order chi connectivity index (χ0) is 15.6. The van der Waals surface area contributed by atoms with Crippen molar-refractivity contribution in [3.05, 3.63) is 53.1 Å². The first-order valence-corrected chi connectivity index (χ1v) is 6.13. The van der Waals surface area contributed by atoms with Gasteiger partial charge in [0.05, 0.1) is 18.5 Å². The lowest BCUT2D eigenvalue weighted by atomic mass is 10.1. The first-order chi connectivity index (χ1) is 9.93. The first-order valence-electron chi connectivity index (χ1n) is 6.13. The lowest BCUT2D eigenvalue weighted by Crippen LogP contribution is -2.17. The van der Waals surface area contributed by atoms with Crippen LogP contribution in [0.1, 0.15) is 15.9 Å². The number of aryl methyl sites for hydroxylation is 1. The van der Waals surface area contributed by atoms with E-state index in [1.807, 2.05) is 6.92 Å². The van der Waals surface area contributed by atoms with Crippen molar-refractivity contribution < 1.29 is 18.3 Å². The van der Waals surface area contributed by atoms with Crippen molar-refractivity contribution in [2.24, 2.45) is 0 Å². The highest BCUT2D eigenvalue weighted by molar-refractivity contribution is 6.06. The third-order valence-corrected chi connectivity index (χ3v) is 2.95. The average molecular weight is 292 g/mol. The summed E-state index contributed by atoms with van der Waals surface area (Å²) in [5.41, 5.74) is 5.57. The number of nitrogens with one attached hydrogen (secondary N) is 1. The number of carbonyl (C=O) groups excluding carboxylic acids is 1. The van der Waals surface area contributed by atoms with Gasteiger partial charge in [-0.25, -0.2) is 8.78 Å². The molecule has 3 N–H and O–H groups in total. The third kappa shape index (κ3) is 2.94. The molecule has 0 atom stereocenters. The molecule has 0 aliphatic heterocycles. The number of amides is 1. The van der Waals surface area contributed by atoms with Crippen LogP contribution in [-0.2, 0) is 0 Å². The van der Waals surface area contributed by atoms with Gasteiger partial charge >= 0.3 is 0 Å². The van der Waals surface area contributed by atoms with E-state index in [9.17, 15) is 13.6 Å². The molecule has 0 aliphatic rings. The zero-order valence-corrected chi connectivity index (χ0v) is 11.5. The average Bonchev–Trinajstić information content (AvgIpc) is 2.45. The van der Waals surface area contributed by atoms with Crippen LogP contribution in [0.3, 0.4) is 0 Å². The Morgan fingerprint density at radius 1 is 1.24 bits per heavy atom. The summed E-state index contributed by atoms with van der Waals surface area (Å²) in [4.78, 5) is 12.1. The van der Waals surface area contributed by atoms with Crippen molar-refractivity contribution in [1.29, 1.82) is 0 Å². The standard InChI is InChI=1S/C15H14F2N2O2/c1-8-3-6-11(12(7-8)21-2)19-15(20)13-9(16)4-5-10(18)14(13)17/h3-7H,18H2,1-2H3,(H,19,20). The molecule has 0 saturated carbocycles. The van der Waals surface area contributed by atoms with Gasteiger partial charge in [-0.2, -0.15) is 0 Å². The van der Waals surface area contributed by atoms with E-state index in [0.717, 1.165) is 17.7 Å². The number of ether oxygens (including phenoxy) is 1. The van der Waals surface area contributed by atoms with Gasteiger partial charge in [0.25, 0.3) is 5.91 Å². The van der Waals surface area contributed by atoms with Crippen LogP contribution in [0.4, 0.5) is 20.2 Å². The van der Waals surface area contributed by atoms with Crippen LogP contribution < -0.4 is 15.8 Å². The van der Waals surface area contributed by atoms with Crippen LogP contribution in [0.2, 0.25) is 0 Å². The summed E-state index contributed by atoms with van der Waals surface area (Å²) in [7, 11) is 1.44. The normalized spacial score (nSPS) is 10.3. The van der Waals surface area contributed by atoms with Crippen LogP contribution >= 0.6 is 0 Å². The Balaban J connectivity index is 2.37. The molecular weight excluding hydrogens is 278 g/mol. The van der Waals surface area contributed by atoms with Gasteiger partial charge in [-0.05, 0) is 36.8 Å². The second kappa shape index (κ2) is 5.78. The number of hydrogen-bond acceptors (Lipinski definition) is 3. The minimum atomic E-state index is -1.08. The fourth-order valence-corrected chi connectivity index (χ4v) is 1.86. The Labute approximate surface area is 120 Å². The highest BCUT2D eigenvalue weighted by atomic mass is 19.1. The fourth-order valence-electron chi connectivity index (χ4n) is 1.86. The summed E-state index contributed by atoms with van der Waals surface area (Å²) in [6.45, 7) is 1.85. The minimum Gasteiger partial charge on any atom is -0.495 e. The summed E-state index contributed by atoms with van der Waals surface area (Å²) in [6.07, 6.45) is 0. The Morgan fingerprint density at radius 3 is 2.62 bits per heavy atom. The number of carbonyl (C=O) groups is 1. The second-order valence-electron chi connectivity index (χ2n) is 4.48. The number of nitrogens with two attached hydrogens (primary N) is 1. The third-order valence-electron chi connectivity index (χ3n) is 2.95. The monoisotopic (exact) mass is 292 g/mol. The van der Waals surface area contributed by atoms with E-state index in [2.05, 4.69) is 5.32 Å². The van der Waals surface area contributed by atoms with E-state index in [4.69, 9.17) is 10.5 Å². The molecular formula is C15H14F2N2O2. The fraction of sp³-hybridized carbons (Fsp3) is 0.133. The molecule has 0 aliphatic carbocycles. The Morgan fingerprint density at radius 2 is 1.95 bits per heavy atom. The Hall–Kier alpha value is -2.63. The highest BCUT2D eigenvalue weighted by Gasteiger charge is 2.20. The van der Waals surface area contributed by atoms with Crippen LogP contribution in [0.15, 0.2) is 30.3 Å². The van der Waals surface area contributed by atoms with Gasteiger partial charge in [-0.15, -0.1) is 0 Å². The predicted octanol–water partition coefficient (Wildman–Crippen LogP) is 3.12. The van der Waals surface area contributed by atoms with Crippen LogP contribution in [-0.4, -0.2) is 13.0 Å². The number of nitrogen functional groups attached to an aromatic ring is 1. The quantitative estimate of drug-likeness (QED) is 0.854. The lowest BCUT2D eigenvalue weighted by Gasteiger charge is -2.12. The topological polar surface area (TPSA) is 64.3 Å². The van der Waals surface area contributed by atoms with Gasteiger partial charge in [0.2, 0.25) is 0 Å². The van der Waals surface area contributed by atoms with Gasteiger partial charge in [0.1, 0.15) is 17.1 Å². The molecule has 0 heterocycles. The molecule has 110 valence electrons. The lowest BCUT2D eigenvalue weighted by molar-refractivity contribution is 0.101. The first kappa shape index (κ1) is 14.8. The number of hydrogen-bond donors (Lipinski definition) is 2. The van der Waals surface area contributed by atoms with Crippen LogP contribution in [0.25, 0.3) is 0 Å². The van der Waals surface area contributed by atoms with Crippen molar-refractivity contribution in [3.63, 3.8) is 0 Å². The molecule has 21 heavy (non-hydrogen) atoms. The SMILES string of the molecule is COc1cc(C)ccc1NC(=O)c1c(F)ccc(N)c1F. The maximum Gasteiger partial charge on any atom is 0.261 e. The minimum absolute atomic E-state index is 0.294. The summed E-state index contributed by atoms with van der Waals surface area (Å²) in [5, 5.41) is 2.41. The molecule has 0 bridgehead atoms. The molecule has 2 aromatic carbocycles. The maximum atomic E-state index is 13.8. The summed E-state index contributed by atoms with van der Waals surface area (Å²) < 4.78 is 32.6. The number of benzene rings is 2. The molecule has 4 nitrogen and oxygen atoms in total. The van der Waals surface area contributed by atoms with Gasteiger partial charge in [-0.1, -0.05) is 6.07 Å². The predicted molar refractivity (Wildman–Crippen MR) is 76.5 cm³/mol. The van der Waals surface area contributed by atoms with Crippen LogP contribution in [0.5, 0.6) is 5.75 Å². The van der Waals surface area contributed by atoms with Crippen LogP contribution in [0, 0.1) is 18.6 Å². The maximum absolute atomic E-state index is 13.8. The molecule has 0 unspecified atom stereocenters. The summed E-state index contributed by atoms with van der Waals surface area (Å²) >= 11 is 0. The molecule has 0 spiro atoms. The number of halogens is 2. The number of rotatable bonds is 3. The molecule has 0 saturated heterocycles. The van der Waals surface area contributed by atoms with E-state index < -0.39 is 23.1 Å². The van der Waals surface area contributed by atoms with E-state index in [1.165, 1.54) is 7.11 Å². The molecule has 0 aromatic heterocycles. The summed E-state index contributed by atoms with van der Waals surface area (Å²) in [6, 6.07) is 7.04. The van der Waals surface area contributed by atoms with Crippen molar-refractivity contribution in [1.82, 2.24) is 0 Å². The van der Waals surface area contributed by atoms with E-state index in [-0.39, 0.29) is 5.69 Å². The smallest absolute Gasteiger partial charge is 0.261 e. The van der Waals surface area contributed by atoms with Gasteiger partial charge in [0, 0.05) is 0 Å². The molecule has 0 radical (unpaired) electrons. The van der Waals surface area contributed by atoms with Gasteiger partial charge in [0.15, 0.2) is 5.82 Å². The molecule has 6 heteroatoms. The Bertz CT molecular complexity index is 702. The van der Waals surface area contributed by atoms with E-state index in [0.29, 0.717) is 11.4 Å². The van der Waals surface area contributed by atoms with Crippen molar-refractivity contribution in [2.45, 2.75) is 6.92 Å². The highest BCUT2D eigenvalue weighted by Crippen LogP contribution is 2.27. The molecule has 0 fully saturated rings. The van der Waals surface area contributed by atoms with E-state index >= 15 is 0 Å².